The number of carbonyl (C=O) groups is 2. The molecule has 0 radical (unpaired) electrons. The lowest BCUT2D eigenvalue weighted by atomic mass is 10.2. The monoisotopic (exact) mass is 397 g/mol. The van der Waals surface area contributed by atoms with Crippen molar-refractivity contribution < 1.29 is 14.3 Å². The lowest BCUT2D eigenvalue weighted by Crippen LogP contribution is -2.47. The molecular weight excluding hydrogens is 366 g/mol. The zero-order valence-corrected chi connectivity index (χ0v) is 18.3. The highest BCUT2D eigenvalue weighted by atomic mass is 16.5. The molecule has 1 heterocycles. The van der Waals surface area contributed by atoms with E-state index in [1.807, 2.05) is 76.6 Å². The Kier molecular flexibility index (Phi) is 7.37. The van der Waals surface area contributed by atoms with Crippen LogP contribution in [0.3, 0.4) is 0 Å². The van der Waals surface area contributed by atoms with E-state index in [0.29, 0.717) is 0 Å². The van der Waals surface area contributed by atoms with Crippen LogP contribution in [0.1, 0.15) is 51.6 Å². The zero-order chi connectivity index (χ0) is 21.7. The van der Waals surface area contributed by atoms with Crippen molar-refractivity contribution in [2.24, 2.45) is 0 Å². The Bertz CT molecular complexity index is 874. The molecule has 2 rings (SSSR count). The molecule has 1 atom stereocenters. The fourth-order valence-electron chi connectivity index (χ4n) is 3.45. The highest BCUT2D eigenvalue weighted by molar-refractivity contribution is 5.90. The first kappa shape index (κ1) is 22.4. The summed E-state index contributed by atoms with van der Waals surface area (Å²) in [5, 5.41) is 4.56. The van der Waals surface area contributed by atoms with Crippen LogP contribution >= 0.6 is 0 Å². The summed E-state index contributed by atoms with van der Waals surface area (Å²) in [6, 6.07) is 9.88. The van der Waals surface area contributed by atoms with E-state index in [1.54, 1.807) is 17.9 Å². The summed E-state index contributed by atoms with van der Waals surface area (Å²) in [4.78, 5) is 26.6. The van der Waals surface area contributed by atoms with Crippen LogP contribution < -0.4 is 0 Å². The minimum atomic E-state index is -0.841. The number of aromatic nitrogens is 2. The van der Waals surface area contributed by atoms with Gasteiger partial charge in [-0.05, 0) is 66.7 Å². The van der Waals surface area contributed by atoms with E-state index >= 15 is 0 Å². The number of carbonyl (C=O) groups excluding carboxylic acids is 2. The Morgan fingerprint density at radius 1 is 1.03 bits per heavy atom. The largest absolute Gasteiger partial charge is 0.449 e. The van der Waals surface area contributed by atoms with Gasteiger partial charge >= 0.3 is 5.97 Å². The first-order chi connectivity index (χ1) is 13.6. The topological polar surface area (TPSA) is 64.4 Å². The zero-order valence-electron chi connectivity index (χ0n) is 18.3. The second-order valence-corrected chi connectivity index (χ2v) is 7.68. The third-order valence-electron chi connectivity index (χ3n) is 4.74. The van der Waals surface area contributed by atoms with Crippen molar-refractivity contribution in [1.29, 1.82) is 0 Å². The third kappa shape index (κ3) is 5.34. The van der Waals surface area contributed by atoms with Gasteiger partial charge in [0.25, 0.3) is 5.91 Å². The number of para-hydroxylation sites is 1. The molecule has 1 aromatic heterocycles. The van der Waals surface area contributed by atoms with Gasteiger partial charge in [0.05, 0.1) is 11.4 Å². The van der Waals surface area contributed by atoms with E-state index in [2.05, 4.69) is 5.10 Å². The molecule has 0 fully saturated rings. The first-order valence-corrected chi connectivity index (χ1v) is 9.96. The van der Waals surface area contributed by atoms with Crippen LogP contribution in [0.5, 0.6) is 0 Å². The van der Waals surface area contributed by atoms with Crippen LogP contribution in [0.25, 0.3) is 11.8 Å². The molecule has 156 valence electrons. The standard InChI is InChI=1S/C23H31N3O3/c1-15(2)25(16(3)4)23(28)19(7)29-22(27)14-13-21-17(5)24-26(18(21)6)20-11-9-8-10-12-20/h8-16,19H,1-7H3/b14-13+/t19-/m1/s1. The Balaban J connectivity index is 2.11. The second-order valence-electron chi connectivity index (χ2n) is 7.68. The number of rotatable bonds is 7. The molecule has 0 saturated heterocycles. The van der Waals surface area contributed by atoms with Gasteiger partial charge in [-0.3, -0.25) is 4.79 Å². The minimum absolute atomic E-state index is 0.0355. The van der Waals surface area contributed by atoms with Gasteiger partial charge < -0.3 is 9.64 Å². The molecule has 1 aromatic carbocycles. The molecule has 2 aromatic rings. The van der Waals surface area contributed by atoms with Gasteiger partial charge in [-0.2, -0.15) is 5.10 Å². The maximum atomic E-state index is 12.6. The van der Waals surface area contributed by atoms with Gasteiger partial charge in [0.2, 0.25) is 0 Å². The summed E-state index contributed by atoms with van der Waals surface area (Å²) >= 11 is 0. The lowest BCUT2D eigenvalue weighted by Gasteiger charge is -2.32. The summed E-state index contributed by atoms with van der Waals surface area (Å²) in [6.07, 6.45) is 2.20. The van der Waals surface area contributed by atoms with E-state index in [4.69, 9.17) is 4.74 Å². The van der Waals surface area contributed by atoms with Crippen molar-refractivity contribution in [1.82, 2.24) is 14.7 Å². The minimum Gasteiger partial charge on any atom is -0.449 e. The van der Waals surface area contributed by atoms with Crippen molar-refractivity contribution >= 4 is 18.0 Å². The molecule has 0 unspecified atom stereocenters. The summed E-state index contributed by atoms with van der Waals surface area (Å²) in [5.74, 6) is -0.745. The number of ether oxygens (including phenoxy) is 1. The van der Waals surface area contributed by atoms with Crippen molar-refractivity contribution in [3.05, 3.63) is 53.4 Å². The number of hydrogen-bond acceptors (Lipinski definition) is 4. The van der Waals surface area contributed by atoms with Crippen LogP contribution in [-0.2, 0) is 14.3 Å². The molecule has 0 N–H and O–H groups in total. The highest BCUT2D eigenvalue weighted by Gasteiger charge is 2.27. The van der Waals surface area contributed by atoms with Gasteiger partial charge in [-0.15, -0.1) is 0 Å². The van der Waals surface area contributed by atoms with Crippen molar-refractivity contribution in [3.8, 4) is 5.69 Å². The number of nitrogens with zero attached hydrogens (tertiary/aromatic N) is 3. The fourth-order valence-corrected chi connectivity index (χ4v) is 3.45. The van der Waals surface area contributed by atoms with E-state index in [1.165, 1.54) is 6.08 Å². The molecule has 0 bridgehead atoms. The second kappa shape index (κ2) is 9.54. The van der Waals surface area contributed by atoms with Crippen LogP contribution in [-0.4, -0.2) is 44.7 Å². The molecule has 0 aliphatic rings. The molecule has 0 aliphatic heterocycles. The van der Waals surface area contributed by atoms with Gasteiger partial charge in [0.1, 0.15) is 0 Å². The number of benzene rings is 1. The quantitative estimate of drug-likeness (QED) is 0.522. The Hall–Kier alpha value is -2.89. The molecule has 6 heteroatoms. The first-order valence-electron chi connectivity index (χ1n) is 9.96. The van der Waals surface area contributed by atoms with E-state index < -0.39 is 12.1 Å². The van der Waals surface area contributed by atoms with Gasteiger partial charge in [-0.25, -0.2) is 9.48 Å². The van der Waals surface area contributed by atoms with Crippen LogP contribution in [0.4, 0.5) is 0 Å². The molecule has 0 saturated carbocycles. The number of esters is 1. The summed E-state index contributed by atoms with van der Waals surface area (Å²) in [7, 11) is 0. The van der Waals surface area contributed by atoms with Gasteiger partial charge in [0.15, 0.2) is 6.10 Å². The van der Waals surface area contributed by atoms with Crippen molar-refractivity contribution in [2.75, 3.05) is 0 Å². The Labute approximate surface area is 173 Å². The summed E-state index contributed by atoms with van der Waals surface area (Å²) in [6.45, 7) is 13.2. The summed E-state index contributed by atoms with van der Waals surface area (Å²) < 4.78 is 7.19. The van der Waals surface area contributed by atoms with E-state index in [0.717, 1.165) is 22.6 Å². The predicted molar refractivity (Wildman–Crippen MR) is 115 cm³/mol. The highest BCUT2D eigenvalue weighted by Crippen LogP contribution is 2.19. The van der Waals surface area contributed by atoms with Gasteiger partial charge in [-0.1, -0.05) is 18.2 Å². The molecule has 6 nitrogen and oxygen atoms in total. The van der Waals surface area contributed by atoms with Crippen molar-refractivity contribution in [3.63, 3.8) is 0 Å². The predicted octanol–water partition coefficient (Wildman–Crippen LogP) is 4.08. The third-order valence-corrected chi connectivity index (χ3v) is 4.74. The number of aryl methyl sites for hydroxylation is 1. The van der Waals surface area contributed by atoms with Crippen LogP contribution in [0.2, 0.25) is 0 Å². The maximum absolute atomic E-state index is 12.6. The lowest BCUT2D eigenvalue weighted by molar-refractivity contribution is -0.157. The molecule has 1 amide bonds. The smallest absolute Gasteiger partial charge is 0.331 e. The molecule has 29 heavy (non-hydrogen) atoms. The van der Waals surface area contributed by atoms with Gasteiger partial charge in [0, 0.05) is 29.4 Å². The summed E-state index contributed by atoms with van der Waals surface area (Å²) in [5.41, 5.74) is 3.55. The van der Waals surface area contributed by atoms with Crippen LogP contribution in [0, 0.1) is 13.8 Å². The Morgan fingerprint density at radius 2 is 1.62 bits per heavy atom. The average molecular weight is 398 g/mol. The van der Waals surface area contributed by atoms with E-state index in [-0.39, 0.29) is 18.0 Å². The normalized spacial score (nSPS) is 12.6. The van der Waals surface area contributed by atoms with E-state index in [9.17, 15) is 9.59 Å². The SMILES string of the molecule is Cc1nn(-c2ccccc2)c(C)c1/C=C/C(=O)O[C@H](C)C(=O)N(C(C)C)C(C)C. The number of hydrogen-bond donors (Lipinski definition) is 0. The van der Waals surface area contributed by atoms with Crippen LogP contribution in [0.15, 0.2) is 36.4 Å². The maximum Gasteiger partial charge on any atom is 0.331 e. The number of amides is 1. The molecule has 0 spiro atoms. The molecular formula is C23H31N3O3. The fraction of sp³-hybridized carbons (Fsp3) is 0.435. The molecule has 0 aliphatic carbocycles. The van der Waals surface area contributed by atoms with Crippen molar-refractivity contribution in [2.45, 2.75) is 66.7 Å². The Morgan fingerprint density at radius 3 is 2.17 bits per heavy atom. The average Bonchev–Trinajstić information content (AvgIpc) is 2.94.